The number of carbonyl (C=O) groups is 1. The Bertz CT molecular complexity index is 566. The molecule has 19 heavy (non-hydrogen) atoms. The van der Waals surface area contributed by atoms with Crippen molar-refractivity contribution in [2.75, 3.05) is 13.1 Å². The Labute approximate surface area is 118 Å². The molecular weight excluding hydrogens is 312 g/mol. The highest BCUT2D eigenvalue weighted by molar-refractivity contribution is 9.10. The topological polar surface area (TPSA) is 64.2 Å². The third kappa shape index (κ3) is 2.56. The van der Waals surface area contributed by atoms with Gasteiger partial charge in [0, 0.05) is 19.3 Å². The van der Waals surface area contributed by atoms with Crippen LogP contribution in [0, 0.1) is 0 Å². The first-order chi connectivity index (χ1) is 9.24. The van der Waals surface area contributed by atoms with Gasteiger partial charge in [0.25, 0.3) is 5.91 Å². The van der Waals surface area contributed by atoms with Gasteiger partial charge in [0.15, 0.2) is 10.4 Å². The molecule has 1 unspecified atom stereocenters. The van der Waals surface area contributed by atoms with Gasteiger partial charge >= 0.3 is 0 Å². The monoisotopic (exact) mass is 324 g/mol. The first-order valence-corrected chi connectivity index (χ1v) is 6.94. The van der Waals surface area contributed by atoms with Crippen LogP contribution >= 0.6 is 15.9 Å². The van der Waals surface area contributed by atoms with Crippen molar-refractivity contribution in [1.29, 1.82) is 0 Å². The van der Waals surface area contributed by atoms with Crippen LogP contribution in [0.2, 0.25) is 0 Å². The smallest absolute Gasteiger partial charge is 0.289 e. The van der Waals surface area contributed by atoms with E-state index >= 15 is 0 Å². The molecule has 6 nitrogen and oxygen atoms in total. The lowest BCUT2D eigenvalue weighted by atomic mass is 10.1. The first-order valence-electron chi connectivity index (χ1n) is 6.14. The molecule has 0 radical (unpaired) electrons. The maximum atomic E-state index is 12.3. The summed E-state index contributed by atoms with van der Waals surface area (Å²) in [5, 5.41) is 7.82. The minimum Gasteiger partial charge on any atom is -0.444 e. The molecule has 0 saturated carbocycles. The Balaban J connectivity index is 1.73. The molecule has 0 bridgehead atoms. The van der Waals surface area contributed by atoms with Crippen molar-refractivity contribution in [3.8, 4) is 0 Å². The van der Waals surface area contributed by atoms with Gasteiger partial charge in [-0.05, 0) is 40.9 Å². The summed E-state index contributed by atoms with van der Waals surface area (Å²) in [5.41, 5.74) is 0. The van der Waals surface area contributed by atoms with Gasteiger partial charge in [-0.3, -0.25) is 4.79 Å². The molecule has 0 N–H and O–H groups in total. The molecular formula is C12H13BrN4O2. The molecule has 0 aromatic carbocycles. The summed E-state index contributed by atoms with van der Waals surface area (Å²) in [4.78, 5) is 14.1. The molecule has 3 rings (SSSR count). The van der Waals surface area contributed by atoms with Crippen LogP contribution in [-0.2, 0) is 0 Å². The predicted octanol–water partition coefficient (Wildman–Crippen LogP) is 2.11. The SMILES string of the molecule is O=C(c1ccc(Br)o1)N1CCCC(n2ccnn2)C1. The summed E-state index contributed by atoms with van der Waals surface area (Å²) in [5.74, 6) is 0.293. The Morgan fingerprint density at radius 1 is 1.47 bits per heavy atom. The number of furan rings is 1. The van der Waals surface area contributed by atoms with E-state index in [0.29, 0.717) is 17.0 Å². The van der Waals surface area contributed by atoms with Crippen molar-refractivity contribution in [2.24, 2.45) is 0 Å². The normalized spacial score (nSPS) is 19.6. The molecule has 1 aliphatic heterocycles. The van der Waals surface area contributed by atoms with E-state index in [1.807, 2.05) is 10.9 Å². The lowest BCUT2D eigenvalue weighted by Gasteiger charge is -2.31. The summed E-state index contributed by atoms with van der Waals surface area (Å²) in [6.07, 6.45) is 5.46. The van der Waals surface area contributed by atoms with Crippen LogP contribution in [0.5, 0.6) is 0 Å². The van der Waals surface area contributed by atoms with E-state index in [0.717, 1.165) is 19.4 Å². The van der Waals surface area contributed by atoms with E-state index in [1.165, 1.54) is 0 Å². The average Bonchev–Trinajstić information content (AvgIpc) is 3.09. The Morgan fingerprint density at radius 3 is 3.05 bits per heavy atom. The van der Waals surface area contributed by atoms with Crippen molar-refractivity contribution in [2.45, 2.75) is 18.9 Å². The van der Waals surface area contributed by atoms with Gasteiger partial charge in [0.05, 0.1) is 12.2 Å². The summed E-state index contributed by atoms with van der Waals surface area (Å²) in [7, 11) is 0. The van der Waals surface area contributed by atoms with Gasteiger partial charge in [0.1, 0.15) is 0 Å². The van der Waals surface area contributed by atoms with Crippen molar-refractivity contribution < 1.29 is 9.21 Å². The average molecular weight is 325 g/mol. The second-order valence-corrected chi connectivity index (χ2v) is 5.32. The molecule has 2 aromatic heterocycles. The standard InChI is InChI=1S/C12H13BrN4O2/c13-11-4-3-10(19-11)12(18)16-6-1-2-9(8-16)17-7-5-14-15-17/h3-5,7,9H,1-2,6,8H2. The molecule has 2 aromatic rings. The van der Waals surface area contributed by atoms with E-state index in [9.17, 15) is 4.79 Å². The van der Waals surface area contributed by atoms with E-state index in [-0.39, 0.29) is 11.9 Å². The molecule has 7 heteroatoms. The number of likely N-dealkylation sites (tertiary alicyclic amines) is 1. The highest BCUT2D eigenvalue weighted by Gasteiger charge is 2.27. The number of halogens is 1. The minimum atomic E-state index is -0.0736. The number of hydrogen-bond donors (Lipinski definition) is 0. The molecule has 1 fully saturated rings. The van der Waals surface area contributed by atoms with Crippen LogP contribution < -0.4 is 0 Å². The van der Waals surface area contributed by atoms with Crippen molar-refractivity contribution in [1.82, 2.24) is 19.9 Å². The van der Waals surface area contributed by atoms with Crippen LogP contribution in [0.25, 0.3) is 0 Å². The number of piperidine rings is 1. The Kier molecular flexibility index (Phi) is 3.37. The molecule has 0 aliphatic carbocycles. The predicted molar refractivity (Wildman–Crippen MR) is 70.6 cm³/mol. The number of rotatable bonds is 2. The second kappa shape index (κ2) is 5.16. The molecule has 1 atom stereocenters. The molecule has 1 aliphatic rings. The van der Waals surface area contributed by atoms with Crippen molar-refractivity contribution >= 4 is 21.8 Å². The lowest BCUT2D eigenvalue weighted by molar-refractivity contribution is 0.0638. The van der Waals surface area contributed by atoms with Gasteiger partial charge in [-0.15, -0.1) is 5.10 Å². The van der Waals surface area contributed by atoms with E-state index < -0.39 is 0 Å². The zero-order valence-electron chi connectivity index (χ0n) is 10.2. The third-order valence-corrected chi connectivity index (χ3v) is 3.71. The summed E-state index contributed by atoms with van der Waals surface area (Å²) >= 11 is 3.21. The summed E-state index contributed by atoms with van der Waals surface area (Å²) < 4.78 is 7.70. The maximum Gasteiger partial charge on any atom is 0.289 e. The highest BCUT2D eigenvalue weighted by atomic mass is 79.9. The number of nitrogens with zero attached hydrogens (tertiary/aromatic N) is 4. The first kappa shape index (κ1) is 12.4. The maximum absolute atomic E-state index is 12.3. The molecule has 1 saturated heterocycles. The van der Waals surface area contributed by atoms with Gasteiger partial charge < -0.3 is 9.32 Å². The fourth-order valence-electron chi connectivity index (χ4n) is 2.35. The van der Waals surface area contributed by atoms with Crippen LogP contribution in [-0.4, -0.2) is 38.9 Å². The summed E-state index contributed by atoms with van der Waals surface area (Å²) in [6.45, 7) is 1.39. The fourth-order valence-corrected chi connectivity index (χ4v) is 2.66. The quantitative estimate of drug-likeness (QED) is 0.848. The van der Waals surface area contributed by atoms with Crippen LogP contribution in [0.4, 0.5) is 0 Å². The van der Waals surface area contributed by atoms with Crippen molar-refractivity contribution in [3.05, 3.63) is 35.0 Å². The highest BCUT2D eigenvalue weighted by Crippen LogP contribution is 2.23. The zero-order valence-corrected chi connectivity index (χ0v) is 11.8. The van der Waals surface area contributed by atoms with Crippen molar-refractivity contribution in [3.63, 3.8) is 0 Å². The third-order valence-electron chi connectivity index (χ3n) is 3.28. The van der Waals surface area contributed by atoms with E-state index in [4.69, 9.17) is 4.42 Å². The number of aromatic nitrogens is 3. The molecule has 0 spiro atoms. The number of hydrogen-bond acceptors (Lipinski definition) is 4. The van der Waals surface area contributed by atoms with Gasteiger partial charge in [-0.2, -0.15) is 0 Å². The number of amides is 1. The van der Waals surface area contributed by atoms with E-state index in [1.54, 1.807) is 23.2 Å². The fraction of sp³-hybridized carbons (Fsp3) is 0.417. The zero-order chi connectivity index (χ0) is 13.2. The lowest BCUT2D eigenvalue weighted by Crippen LogP contribution is -2.40. The largest absolute Gasteiger partial charge is 0.444 e. The Morgan fingerprint density at radius 2 is 2.37 bits per heavy atom. The van der Waals surface area contributed by atoms with Gasteiger partial charge in [-0.25, -0.2) is 4.68 Å². The molecule has 3 heterocycles. The van der Waals surface area contributed by atoms with Gasteiger partial charge in [-0.1, -0.05) is 5.21 Å². The molecule has 100 valence electrons. The van der Waals surface area contributed by atoms with Crippen LogP contribution in [0.3, 0.4) is 0 Å². The summed E-state index contributed by atoms with van der Waals surface area (Å²) in [6, 6.07) is 3.61. The number of carbonyl (C=O) groups excluding carboxylic acids is 1. The van der Waals surface area contributed by atoms with E-state index in [2.05, 4.69) is 26.2 Å². The second-order valence-electron chi connectivity index (χ2n) is 4.53. The van der Waals surface area contributed by atoms with Crippen LogP contribution in [0.15, 0.2) is 33.6 Å². The molecule has 1 amide bonds. The van der Waals surface area contributed by atoms with Crippen LogP contribution in [0.1, 0.15) is 29.4 Å². The van der Waals surface area contributed by atoms with Gasteiger partial charge in [0.2, 0.25) is 0 Å². The Hall–Kier alpha value is -1.63. The minimum absolute atomic E-state index is 0.0736.